The van der Waals surface area contributed by atoms with Gasteiger partial charge in [0.25, 0.3) is 5.91 Å². The monoisotopic (exact) mass is 352 g/mol. The van der Waals surface area contributed by atoms with Crippen LogP contribution in [0.1, 0.15) is 35.6 Å². The van der Waals surface area contributed by atoms with Gasteiger partial charge in [-0.1, -0.05) is 42.5 Å². The molecular weight excluding hydrogens is 324 g/mol. The Hall–Kier alpha value is -2.33. The third-order valence-corrected chi connectivity index (χ3v) is 5.11. The molecule has 1 atom stereocenters. The van der Waals surface area contributed by atoms with Crippen molar-refractivity contribution in [2.24, 2.45) is 0 Å². The van der Waals surface area contributed by atoms with Crippen molar-refractivity contribution >= 4 is 5.91 Å². The number of para-hydroxylation sites is 1. The van der Waals surface area contributed by atoms with E-state index in [1.807, 2.05) is 18.2 Å². The largest absolute Gasteiger partial charge is 0.483 e. The number of carbonyl (C=O) groups is 1. The van der Waals surface area contributed by atoms with Crippen LogP contribution in [0.2, 0.25) is 0 Å². The summed E-state index contributed by atoms with van der Waals surface area (Å²) >= 11 is 0. The number of likely N-dealkylation sites (N-methyl/N-ethyl adjacent to an activating group) is 1. The number of fused-ring (bicyclic) bond motifs is 1. The first kappa shape index (κ1) is 18.5. The van der Waals surface area contributed by atoms with Crippen molar-refractivity contribution in [3.8, 4) is 5.75 Å². The molecule has 1 aliphatic rings. The minimum Gasteiger partial charge on any atom is -0.483 e. The van der Waals surface area contributed by atoms with Crippen LogP contribution in [0, 0.1) is 0 Å². The van der Waals surface area contributed by atoms with Crippen molar-refractivity contribution in [1.82, 2.24) is 9.80 Å². The third-order valence-electron chi connectivity index (χ3n) is 5.11. The predicted octanol–water partition coefficient (Wildman–Crippen LogP) is 3.66. The smallest absolute Gasteiger partial charge is 0.259 e. The van der Waals surface area contributed by atoms with Crippen LogP contribution in [0.3, 0.4) is 0 Å². The standard InChI is InChI=1S/C22H28N2O2/c1-23(2)22(25)16-26-21-14-7-5-10-18(21)15-24(3)20-13-8-11-17-9-4-6-12-19(17)20/h4-7,9-10,12,14,20H,8,11,13,15-16H2,1-3H3/t20-/m0/s1. The number of aryl methyl sites for hydroxylation is 1. The molecule has 4 heteroatoms. The molecule has 0 fully saturated rings. The minimum atomic E-state index is -0.0330. The molecule has 1 aliphatic carbocycles. The SMILES string of the molecule is CN(C)C(=O)COc1ccccc1CN(C)[C@H]1CCCc2ccccc21. The van der Waals surface area contributed by atoms with Gasteiger partial charge in [-0.15, -0.1) is 0 Å². The van der Waals surface area contributed by atoms with E-state index in [0.717, 1.165) is 17.9 Å². The molecule has 0 radical (unpaired) electrons. The molecule has 0 bridgehead atoms. The molecular formula is C22H28N2O2. The van der Waals surface area contributed by atoms with Gasteiger partial charge in [-0.05, 0) is 43.5 Å². The maximum atomic E-state index is 11.8. The van der Waals surface area contributed by atoms with Crippen LogP contribution in [0.5, 0.6) is 5.75 Å². The van der Waals surface area contributed by atoms with Gasteiger partial charge < -0.3 is 9.64 Å². The van der Waals surface area contributed by atoms with Gasteiger partial charge in [-0.3, -0.25) is 9.69 Å². The van der Waals surface area contributed by atoms with Crippen LogP contribution >= 0.6 is 0 Å². The average Bonchev–Trinajstić information content (AvgIpc) is 2.66. The molecule has 0 saturated carbocycles. The summed E-state index contributed by atoms with van der Waals surface area (Å²) in [7, 11) is 5.66. The molecule has 26 heavy (non-hydrogen) atoms. The Balaban J connectivity index is 1.72. The molecule has 0 heterocycles. The molecule has 0 N–H and O–H groups in total. The number of carbonyl (C=O) groups excluding carboxylic acids is 1. The first-order chi connectivity index (χ1) is 12.6. The highest BCUT2D eigenvalue weighted by molar-refractivity contribution is 5.77. The molecule has 0 spiro atoms. The molecule has 2 aromatic carbocycles. The Morgan fingerprint density at radius 3 is 2.62 bits per heavy atom. The second kappa shape index (κ2) is 8.37. The van der Waals surface area contributed by atoms with E-state index in [1.165, 1.54) is 30.4 Å². The lowest BCUT2D eigenvalue weighted by atomic mass is 9.87. The molecule has 0 saturated heterocycles. The molecule has 0 unspecified atom stereocenters. The summed E-state index contributed by atoms with van der Waals surface area (Å²) in [5.41, 5.74) is 4.03. The van der Waals surface area contributed by atoms with E-state index < -0.39 is 0 Å². The maximum Gasteiger partial charge on any atom is 0.259 e. The van der Waals surface area contributed by atoms with Crippen LogP contribution in [0.4, 0.5) is 0 Å². The van der Waals surface area contributed by atoms with Gasteiger partial charge in [0.15, 0.2) is 6.61 Å². The zero-order valence-electron chi connectivity index (χ0n) is 15.9. The summed E-state index contributed by atoms with van der Waals surface area (Å²) in [6.45, 7) is 0.866. The number of amides is 1. The van der Waals surface area contributed by atoms with E-state index in [9.17, 15) is 4.79 Å². The second-order valence-electron chi connectivity index (χ2n) is 7.21. The van der Waals surface area contributed by atoms with Crippen LogP contribution in [0.15, 0.2) is 48.5 Å². The van der Waals surface area contributed by atoms with Crippen LogP contribution < -0.4 is 4.74 Å². The highest BCUT2D eigenvalue weighted by atomic mass is 16.5. The molecule has 138 valence electrons. The number of nitrogens with zero attached hydrogens (tertiary/aromatic N) is 2. The van der Waals surface area contributed by atoms with Gasteiger partial charge in [-0.2, -0.15) is 0 Å². The quantitative estimate of drug-likeness (QED) is 0.795. The van der Waals surface area contributed by atoms with Crippen LogP contribution in [-0.4, -0.2) is 43.5 Å². The number of ether oxygens (including phenoxy) is 1. The summed E-state index contributed by atoms with van der Waals surface area (Å²) in [5.74, 6) is 0.757. The highest BCUT2D eigenvalue weighted by Gasteiger charge is 2.24. The first-order valence-electron chi connectivity index (χ1n) is 9.25. The minimum absolute atomic E-state index is 0.0330. The van der Waals surface area contributed by atoms with Gasteiger partial charge in [0.2, 0.25) is 0 Å². The van der Waals surface area contributed by atoms with Crippen molar-refractivity contribution in [1.29, 1.82) is 0 Å². The van der Waals surface area contributed by atoms with Crippen molar-refractivity contribution in [2.75, 3.05) is 27.7 Å². The number of hydrogen-bond acceptors (Lipinski definition) is 3. The van der Waals surface area contributed by atoms with Crippen molar-refractivity contribution < 1.29 is 9.53 Å². The van der Waals surface area contributed by atoms with Crippen molar-refractivity contribution in [3.05, 3.63) is 65.2 Å². The maximum absolute atomic E-state index is 11.8. The third kappa shape index (κ3) is 4.25. The number of benzene rings is 2. The zero-order valence-corrected chi connectivity index (χ0v) is 15.9. The second-order valence-corrected chi connectivity index (χ2v) is 7.21. The highest BCUT2D eigenvalue weighted by Crippen LogP contribution is 2.34. The van der Waals surface area contributed by atoms with E-state index in [2.05, 4.69) is 42.3 Å². The molecule has 0 aromatic heterocycles. The molecule has 0 aliphatic heterocycles. The summed E-state index contributed by atoms with van der Waals surface area (Å²) in [6, 6.07) is 17.2. The normalized spacial score (nSPS) is 16.2. The van der Waals surface area contributed by atoms with Crippen LogP contribution in [0.25, 0.3) is 0 Å². The average molecular weight is 352 g/mol. The Labute approximate surface area is 156 Å². The van der Waals surface area contributed by atoms with Crippen molar-refractivity contribution in [2.45, 2.75) is 31.8 Å². The molecule has 3 rings (SSSR count). The Morgan fingerprint density at radius 1 is 1.08 bits per heavy atom. The van der Waals surface area contributed by atoms with Gasteiger partial charge in [0.1, 0.15) is 5.75 Å². The Bertz CT molecular complexity index is 757. The lowest BCUT2D eigenvalue weighted by Gasteiger charge is -2.33. The summed E-state index contributed by atoms with van der Waals surface area (Å²) in [5, 5.41) is 0. The lowest BCUT2D eigenvalue weighted by molar-refractivity contribution is -0.130. The topological polar surface area (TPSA) is 32.8 Å². The van der Waals surface area contributed by atoms with Crippen molar-refractivity contribution in [3.63, 3.8) is 0 Å². The zero-order chi connectivity index (χ0) is 18.5. The fourth-order valence-corrected chi connectivity index (χ4v) is 3.61. The first-order valence-corrected chi connectivity index (χ1v) is 9.25. The van der Waals surface area contributed by atoms with Gasteiger partial charge in [0, 0.05) is 32.2 Å². The molecule has 2 aromatic rings. The number of rotatable bonds is 6. The van der Waals surface area contributed by atoms with Gasteiger partial charge >= 0.3 is 0 Å². The van der Waals surface area contributed by atoms with Crippen LogP contribution in [-0.2, 0) is 17.8 Å². The lowest BCUT2D eigenvalue weighted by Crippen LogP contribution is -2.29. The Kier molecular flexibility index (Phi) is 5.94. The predicted molar refractivity (Wildman–Crippen MR) is 104 cm³/mol. The fourth-order valence-electron chi connectivity index (χ4n) is 3.61. The Morgan fingerprint density at radius 2 is 1.81 bits per heavy atom. The molecule has 4 nitrogen and oxygen atoms in total. The fraction of sp³-hybridized carbons (Fsp3) is 0.409. The summed E-state index contributed by atoms with van der Waals surface area (Å²) in [6.07, 6.45) is 3.57. The summed E-state index contributed by atoms with van der Waals surface area (Å²) < 4.78 is 5.80. The van der Waals surface area contributed by atoms with E-state index in [1.54, 1.807) is 19.0 Å². The number of hydrogen-bond donors (Lipinski definition) is 0. The van der Waals surface area contributed by atoms with E-state index >= 15 is 0 Å². The summed E-state index contributed by atoms with van der Waals surface area (Å²) in [4.78, 5) is 15.8. The van der Waals surface area contributed by atoms with E-state index in [4.69, 9.17) is 4.74 Å². The van der Waals surface area contributed by atoms with Gasteiger partial charge in [-0.25, -0.2) is 0 Å². The molecule has 1 amide bonds. The van der Waals surface area contributed by atoms with Gasteiger partial charge in [0.05, 0.1) is 0 Å². The van der Waals surface area contributed by atoms with E-state index in [0.29, 0.717) is 6.04 Å². The van der Waals surface area contributed by atoms with E-state index in [-0.39, 0.29) is 12.5 Å².